The van der Waals surface area contributed by atoms with Crippen molar-refractivity contribution in [1.82, 2.24) is 9.80 Å². The van der Waals surface area contributed by atoms with E-state index in [1.165, 1.54) is 12.1 Å². The third kappa shape index (κ3) is 6.78. The molecule has 0 aromatic heterocycles. The molecule has 2 aromatic rings. The summed E-state index contributed by atoms with van der Waals surface area (Å²) in [4.78, 5) is 4.45. The van der Waals surface area contributed by atoms with Crippen molar-refractivity contribution in [3.05, 3.63) is 66.0 Å². The molecule has 1 heterocycles. The Bertz CT molecular complexity index is 738. The number of piperazine rings is 1. The zero-order chi connectivity index (χ0) is 20.6. The minimum Gasteiger partial charge on any atom is -0.491 e. The number of β-amino-alcohol motifs (C(OH)–C–C–N with tert-alkyl or cyclic N) is 2. The molecule has 1 saturated heterocycles. The van der Waals surface area contributed by atoms with Crippen LogP contribution >= 0.6 is 0 Å². The van der Waals surface area contributed by atoms with Gasteiger partial charge in [0.05, 0.1) is 6.10 Å². The molecule has 1 aliphatic heterocycles. The van der Waals surface area contributed by atoms with Crippen molar-refractivity contribution < 1.29 is 19.3 Å². The number of aliphatic hydroxyl groups excluding tert-OH is 2. The third-order valence-corrected chi connectivity index (χ3v) is 5.52. The van der Waals surface area contributed by atoms with Crippen LogP contribution in [-0.2, 0) is 0 Å². The molecule has 1 aliphatic rings. The van der Waals surface area contributed by atoms with E-state index in [2.05, 4.69) is 9.80 Å². The highest BCUT2D eigenvalue weighted by Gasteiger charge is 2.24. The van der Waals surface area contributed by atoms with Gasteiger partial charge < -0.3 is 14.9 Å². The summed E-state index contributed by atoms with van der Waals surface area (Å²) in [5.74, 6) is 0.364. The third-order valence-electron chi connectivity index (χ3n) is 5.52. The molecule has 3 rings (SSSR count). The van der Waals surface area contributed by atoms with Gasteiger partial charge in [0.15, 0.2) is 0 Å². The molecule has 3 atom stereocenters. The lowest BCUT2D eigenvalue weighted by atomic mass is 9.95. The van der Waals surface area contributed by atoms with Crippen molar-refractivity contribution in [3.63, 3.8) is 0 Å². The van der Waals surface area contributed by atoms with E-state index in [-0.39, 0.29) is 18.3 Å². The molecule has 2 N–H and O–H groups in total. The first-order chi connectivity index (χ1) is 14.0. The maximum atomic E-state index is 13.4. The number of halogens is 1. The number of aliphatic hydroxyl groups is 2. The van der Waals surface area contributed by atoms with Crippen LogP contribution in [0.15, 0.2) is 54.6 Å². The quantitative estimate of drug-likeness (QED) is 0.674. The highest BCUT2D eigenvalue weighted by molar-refractivity contribution is 5.21. The normalized spacial score (nSPS) is 18.9. The van der Waals surface area contributed by atoms with Gasteiger partial charge in [-0.2, -0.15) is 0 Å². The summed E-state index contributed by atoms with van der Waals surface area (Å²) in [6.07, 6.45) is -1.09. The van der Waals surface area contributed by atoms with E-state index in [0.29, 0.717) is 13.1 Å². The Kier molecular flexibility index (Phi) is 8.00. The van der Waals surface area contributed by atoms with Gasteiger partial charge >= 0.3 is 0 Å². The molecule has 0 aliphatic carbocycles. The average Bonchev–Trinajstić information content (AvgIpc) is 2.74. The monoisotopic (exact) mass is 402 g/mol. The Balaban J connectivity index is 1.37. The van der Waals surface area contributed by atoms with Gasteiger partial charge in [0.25, 0.3) is 0 Å². The summed E-state index contributed by atoms with van der Waals surface area (Å²) in [5, 5.41) is 20.8. The van der Waals surface area contributed by atoms with Gasteiger partial charge in [-0.05, 0) is 29.8 Å². The topological polar surface area (TPSA) is 56.2 Å². The maximum Gasteiger partial charge on any atom is 0.123 e. The van der Waals surface area contributed by atoms with Gasteiger partial charge in [-0.15, -0.1) is 0 Å². The predicted octanol–water partition coefficient (Wildman–Crippen LogP) is 2.35. The largest absolute Gasteiger partial charge is 0.491 e. The van der Waals surface area contributed by atoms with Crippen LogP contribution in [0.1, 0.15) is 18.4 Å². The van der Waals surface area contributed by atoms with Crippen LogP contribution in [0.5, 0.6) is 5.75 Å². The Morgan fingerprint density at radius 1 is 0.931 bits per heavy atom. The molecule has 6 heteroatoms. The molecule has 3 unspecified atom stereocenters. The Labute approximate surface area is 172 Å². The van der Waals surface area contributed by atoms with Crippen LogP contribution in [0.3, 0.4) is 0 Å². The fourth-order valence-electron chi connectivity index (χ4n) is 3.65. The van der Waals surface area contributed by atoms with Crippen molar-refractivity contribution >= 4 is 0 Å². The van der Waals surface area contributed by atoms with Crippen molar-refractivity contribution in [2.24, 2.45) is 0 Å². The second-order valence-electron chi connectivity index (χ2n) is 7.79. The lowest BCUT2D eigenvalue weighted by Gasteiger charge is -2.37. The van der Waals surface area contributed by atoms with Gasteiger partial charge in [0.1, 0.15) is 24.3 Å². The fraction of sp³-hybridized carbons (Fsp3) is 0.478. The van der Waals surface area contributed by atoms with Gasteiger partial charge in [0.2, 0.25) is 0 Å². The number of ether oxygens (including phenoxy) is 1. The molecule has 0 amide bonds. The second-order valence-corrected chi connectivity index (χ2v) is 7.79. The SMILES string of the molecule is CC(c1cccc(F)c1)C(O)CN1CCN(CC(O)COc2ccccc2)CC1. The first-order valence-electron chi connectivity index (χ1n) is 10.3. The highest BCUT2D eigenvalue weighted by atomic mass is 19.1. The number of hydrogen-bond acceptors (Lipinski definition) is 5. The Hall–Kier alpha value is -1.99. The van der Waals surface area contributed by atoms with Crippen LogP contribution in [0.2, 0.25) is 0 Å². The molecule has 1 fully saturated rings. The van der Waals surface area contributed by atoms with Crippen LogP contribution in [-0.4, -0.2) is 78.1 Å². The summed E-state index contributed by atoms with van der Waals surface area (Å²) in [6, 6.07) is 15.9. The minimum absolute atomic E-state index is 0.124. The van der Waals surface area contributed by atoms with Crippen molar-refractivity contribution in [2.75, 3.05) is 45.9 Å². The lowest BCUT2D eigenvalue weighted by molar-refractivity contribution is 0.0297. The molecule has 158 valence electrons. The van der Waals surface area contributed by atoms with Crippen molar-refractivity contribution in [1.29, 1.82) is 0 Å². The van der Waals surface area contributed by atoms with Crippen LogP contribution < -0.4 is 4.74 Å². The Morgan fingerprint density at radius 3 is 2.24 bits per heavy atom. The van der Waals surface area contributed by atoms with E-state index in [1.807, 2.05) is 43.3 Å². The lowest BCUT2D eigenvalue weighted by Crippen LogP contribution is -2.51. The van der Waals surface area contributed by atoms with Crippen molar-refractivity contribution in [3.8, 4) is 5.75 Å². The predicted molar refractivity (Wildman–Crippen MR) is 112 cm³/mol. The van der Waals surface area contributed by atoms with E-state index in [9.17, 15) is 14.6 Å². The number of para-hydroxylation sites is 1. The molecule has 29 heavy (non-hydrogen) atoms. The van der Waals surface area contributed by atoms with Crippen LogP contribution in [0.4, 0.5) is 4.39 Å². The van der Waals surface area contributed by atoms with Crippen LogP contribution in [0.25, 0.3) is 0 Å². The van der Waals surface area contributed by atoms with Gasteiger partial charge in [-0.1, -0.05) is 37.3 Å². The summed E-state index contributed by atoms with van der Waals surface area (Å²) in [5.41, 5.74) is 0.817. The second kappa shape index (κ2) is 10.7. The fourth-order valence-corrected chi connectivity index (χ4v) is 3.65. The zero-order valence-corrected chi connectivity index (χ0v) is 17.0. The molecule has 5 nitrogen and oxygen atoms in total. The van der Waals surface area contributed by atoms with E-state index in [4.69, 9.17) is 4.74 Å². The van der Waals surface area contributed by atoms with E-state index in [0.717, 1.165) is 37.5 Å². The molecule has 0 radical (unpaired) electrons. The van der Waals surface area contributed by atoms with Gasteiger partial charge in [-0.3, -0.25) is 9.80 Å². The number of nitrogens with zero attached hydrogens (tertiary/aromatic N) is 2. The van der Waals surface area contributed by atoms with Crippen molar-refractivity contribution in [2.45, 2.75) is 25.0 Å². The highest BCUT2D eigenvalue weighted by Crippen LogP contribution is 2.21. The number of benzene rings is 2. The molecule has 0 spiro atoms. The smallest absolute Gasteiger partial charge is 0.123 e. The van der Waals surface area contributed by atoms with Crippen LogP contribution in [0, 0.1) is 5.82 Å². The molecule has 0 bridgehead atoms. The average molecular weight is 403 g/mol. The number of rotatable bonds is 9. The summed E-state index contributed by atoms with van der Waals surface area (Å²) in [6.45, 7) is 6.67. The molecule has 2 aromatic carbocycles. The first-order valence-corrected chi connectivity index (χ1v) is 10.3. The maximum absolute atomic E-state index is 13.4. The zero-order valence-electron chi connectivity index (χ0n) is 17.0. The number of hydrogen-bond donors (Lipinski definition) is 2. The van der Waals surface area contributed by atoms with E-state index >= 15 is 0 Å². The van der Waals surface area contributed by atoms with Gasteiger partial charge in [-0.25, -0.2) is 4.39 Å². The Morgan fingerprint density at radius 2 is 1.59 bits per heavy atom. The standard InChI is InChI=1S/C23H31FN2O3/c1-18(19-6-5-7-20(24)14-19)23(28)16-26-12-10-25(11-13-26)15-21(27)17-29-22-8-3-2-4-9-22/h2-9,14,18,21,23,27-28H,10-13,15-17H2,1H3. The summed E-state index contributed by atoms with van der Waals surface area (Å²) in [7, 11) is 0. The molecular formula is C23H31FN2O3. The first kappa shape index (κ1) is 21.7. The molecule has 0 saturated carbocycles. The van der Waals surface area contributed by atoms with E-state index < -0.39 is 12.2 Å². The molecular weight excluding hydrogens is 371 g/mol. The van der Waals surface area contributed by atoms with Gasteiger partial charge in [0, 0.05) is 45.2 Å². The minimum atomic E-state index is -0.548. The summed E-state index contributed by atoms with van der Waals surface area (Å²) < 4.78 is 19.0. The summed E-state index contributed by atoms with van der Waals surface area (Å²) >= 11 is 0. The van der Waals surface area contributed by atoms with E-state index in [1.54, 1.807) is 6.07 Å².